The summed E-state index contributed by atoms with van der Waals surface area (Å²) in [6.07, 6.45) is 1.69. The molecule has 0 aliphatic carbocycles. The van der Waals surface area contributed by atoms with Crippen LogP contribution < -0.4 is 4.72 Å². The van der Waals surface area contributed by atoms with Crippen molar-refractivity contribution in [2.75, 3.05) is 16.4 Å². The van der Waals surface area contributed by atoms with Gasteiger partial charge >= 0.3 is 0 Å². The first-order valence-electron chi connectivity index (χ1n) is 5.44. The van der Waals surface area contributed by atoms with Gasteiger partial charge in [0.15, 0.2) is 0 Å². The van der Waals surface area contributed by atoms with Gasteiger partial charge in [0.05, 0.1) is 17.0 Å². The SMILES string of the molecule is Cc1ccc(NS(=O)(=O)CCCl)c2cccnc12. The average molecular weight is 285 g/mol. The maximum Gasteiger partial charge on any atom is 0.233 e. The molecule has 0 amide bonds. The molecule has 0 atom stereocenters. The molecule has 0 radical (unpaired) electrons. The Kier molecular flexibility index (Phi) is 3.73. The van der Waals surface area contributed by atoms with E-state index < -0.39 is 10.0 Å². The molecule has 18 heavy (non-hydrogen) atoms. The maximum atomic E-state index is 11.7. The third kappa shape index (κ3) is 2.73. The molecule has 0 bridgehead atoms. The smallest absolute Gasteiger partial charge is 0.233 e. The van der Waals surface area contributed by atoms with E-state index in [1.165, 1.54) is 0 Å². The summed E-state index contributed by atoms with van der Waals surface area (Å²) in [5.74, 6) is -0.0401. The van der Waals surface area contributed by atoms with E-state index in [-0.39, 0.29) is 11.6 Å². The van der Waals surface area contributed by atoms with Crippen LogP contribution in [-0.2, 0) is 10.0 Å². The zero-order valence-corrected chi connectivity index (χ0v) is 11.4. The van der Waals surface area contributed by atoms with Crippen LogP contribution in [0.2, 0.25) is 0 Å². The third-order valence-corrected chi connectivity index (χ3v) is 4.27. The Balaban J connectivity index is 2.50. The first kappa shape index (κ1) is 13.1. The summed E-state index contributed by atoms with van der Waals surface area (Å²) >= 11 is 5.46. The van der Waals surface area contributed by atoms with Crippen molar-refractivity contribution >= 4 is 38.2 Å². The quantitative estimate of drug-likeness (QED) is 0.878. The lowest BCUT2D eigenvalue weighted by atomic mass is 10.1. The van der Waals surface area contributed by atoms with Crippen molar-refractivity contribution < 1.29 is 8.42 Å². The Bertz CT molecular complexity index is 671. The van der Waals surface area contributed by atoms with Gasteiger partial charge < -0.3 is 0 Å². The van der Waals surface area contributed by atoms with Gasteiger partial charge in [0.2, 0.25) is 10.0 Å². The molecule has 4 nitrogen and oxygen atoms in total. The lowest BCUT2D eigenvalue weighted by Crippen LogP contribution is -2.17. The van der Waals surface area contributed by atoms with E-state index >= 15 is 0 Å². The molecule has 1 aromatic heterocycles. The van der Waals surface area contributed by atoms with Crippen LogP contribution in [-0.4, -0.2) is 25.0 Å². The molecule has 0 aliphatic heterocycles. The standard InChI is InChI=1S/C12H13ClN2O2S/c1-9-4-5-11(15-18(16,17)8-6-13)10-3-2-7-14-12(9)10/h2-5,7,15H,6,8H2,1H3. The van der Waals surface area contributed by atoms with Crippen LogP contribution in [0.1, 0.15) is 5.56 Å². The van der Waals surface area contributed by atoms with Crippen molar-refractivity contribution in [1.29, 1.82) is 0 Å². The molecule has 1 aromatic carbocycles. The Hall–Kier alpha value is -1.33. The van der Waals surface area contributed by atoms with Crippen molar-refractivity contribution in [2.45, 2.75) is 6.92 Å². The molecule has 6 heteroatoms. The summed E-state index contributed by atoms with van der Waals surface area (Å²) in [5.41, 5.74) is 2.34. The number of aryl methyl sites for hydroxylation is 1. The number of pyridine rings is 1. The molecular weight excluding hydrogens is 272 g/mol. The fourth-order valence-electron chi connectivity index (χ4n) is 1.72. The van der Waals surface area contributed by atoms with Gasteiger partial charge in [-0.25, -0.2) is 8.42 Å². The van der Waals surface area contributed by atoms with E-state index in [2.05, 4.69) is 9.71 Å². The number of alkyl halides is 1. The zero-order valence-electron chi connectivity index (χ0n) is 9.85. The third-order valence-electron chi connectivity index (χ3n) is 2.58. The van der Waals surface area contributed by atoms with Crippen LogP contribution in [0.3, 0.4) is 0 Å². The molecule has 96 valence electrons. The van der Waals surface area contributed by atoms with Gasteiger partial charge in [-0.1, -0.05) is 6.07 Å². The molecule has 1 N–H and O–H groups in total. The van der Waals surface area contributed by atoms with Gasteiger partial charge in [-0.15, -0.1) is 11.6 Å². The zero-order chi connectivity index (χ0) is 13.2. The van der Waals surface area contributed by atoms with Crippen molar-refractivity contribution in [3.8, 4) is 0 Å². The molecule has 0 aliphatic rings. The van der Waals surface area contributed by atoms with Crippen LogP contribution in [0, 0.1) is 6.92 Å². The number of hydrogen-bond donors (Lipinski definition) is 1. The monoisotopic (exact) mass is 284 g/mol. The number of nitrogens with zero attached hydrogens (tertiary/aromatic N) is 1. The summed E-state index contributed by atoms with van der Waals surface area (Å²) in [7, 11) is -3.40. The van der Waals surface area contributed by atoms with Crippen molar-refractivity contribution in [3.63, 3.8) is 0 Å². The summed E-state index contributed by atoms with van der Waals surface area (Å²) in [6, 6.07) is 7.20. The van der Waals surface area contributed by atoms with Gasteiger partial charge in [-0.05, 0) is 30.7 Å². The minimum absolute atomic E-state index is 0.0668. The van der Waals surface area contributed by atoms with Gasteiger partial charge in [-0.3, -0.25) is 9.71 Å². The number of anilines is 1. The van der Waals surface area contributed by atoms with E-state index in [0.717, 1.165) is 16.5 Å². The fourth-order valence-corrected chi connectivity index (χ4v) is 3.15. The van der Waals surface area contributed by atoms with Crippen LogP contribution in [0.25, 0.3) is 10.9 Å². The van der Waals surface area contributed by atoms with Crippen LogP contribution in [0.5, 0.6) is 0 Å². The van der Waals surface area contributed by atoms with Gasteiger partial charge in [0.25, 0.3) is 0 Å². The summed E-state index contributed by atoms with van der Waals surface area (Å²) in [5, 5.41) is 0.788. The average Bonchev–Trinajstić information content (AvgIpc) is 2.33. The van der Waals surface area contributed by atoms with Crippen LogP contribution >= 0.6 is 11.6 Å². The lowest BCUT2D eigenvalue weighted by Gasteiger charge is -2.10. The van der Waals surface area contributed by atoms with Crippen molar-refractivity contribution in [1.82, 2.24) is 4.98 Å². The predicted molar refractivity (Wildman–Crippen MR) is 74.6 cm³/mol. The fraction of sp³-hybridized carbons (Fsp3) is 0.250. The molecule has 0 saturated heterocycles. The van der Waals surface area contributed by atoms with Crippen LogP contribution in [0.4, 0.5) is 5.69 Å². The number of rotatable bonds is 4. The number of hydrogen-bond acceptors (Lipinski definition) is 3. The van der Waals surface area contributed by atoms with Gasteiger partial charge in [0.1, 0.15) is 0 Å². The van der Waals surface area contributed by atoms with Crippen molar-refractivity contribution in [3.05, 3.63) is 36.0 Å². The number of aromatic nitrogens is 1. The van der Waals surface area contributed by atoms with Gasteiger partial charge in [0, 0.05) is 17.5 Å². The number of fused-ring (bicyclic) bond motifs is 1. The largest absolute Gasteiger partial charge is 0.283 e. The highest BCUT2D eigenvalue weighted by Gasteiger charge is 2.12. The molecule has 0 saturated carbocycles. The molecule has 2 aromatic rings. The molecule has 0 unspecified atom stereocenters. The second kappa shape index (κ2) is 5.12. The topological polar surface area (TPSA) is 59.1 Å². The number of nitrogens with one attached hydrogen (secondary N) is 1. The van der Waals surface area contributed by atoms with Gasteiger partial charge in [-0.2, -0.15) is 0 Å². The summed E-state index contributed by atoms with van der Waals surface area (Å²) in [6.45, 7) is 1.94. The van der Waals surface area contributed by atoms with Crippen molar-refractivity contribution in [2.24, 2.45) is 0 Å². The second-order valence-corrected chi connectivity index (χ2v) is 6.16. The Morgan fingerprint density at radius 1 is 1.33 bits per heavy atom. The number of halogens is 1. The molecule has 0 spiro atoms. The minimum Gasteiger partial charge on any atom is -0.283 e. The second-order valence-electron chi connectivity index (χ2n) is 3.94. The first-order valence-corrected chi connectivity index (χ1v) is 7.63. The Morgan fingerprint density at radius 3 is 2.83 bits per heavy atom. The van der Waals surface area contributed by atoms with E-state index in [1.54, 1.807) is 18.3 Å². The van der Waals surface area contributed by atoms with E-state index in [4.69, 9.17) is 11.6 Å². The van der Waals surface area contributed by atoms with E-state index in [0.29, 0.717) is 5.69 Å². The molecule has 2 rings (SSSR count). The van der Waals surface area contributed by atoms with Crippen LogP contribution in [0.15, 0.2) is 30.5 Å². The maximum absolute atomic E-state index is 11.7. The number of sulfonamides is 1. The summed E-state index contributed by atoms with van der Waals surface area (Å²) in [4.78, 5) is 4.26. The highest BCUT2D eigenvalue weighted by Crippen LogP contribution is 2.25. The highest BCUT2D eigenvalue weighted by atomic mass is 35.5. The predicted octanol–water partition coefficient (Wildman–Crippen LogP) is 2.52. The number of benzene rings is 1. The highest BCUT2D eigenvalue weighted by molar-refractivity contribution is 7.92. The van der Waals surface area contributed by atoms with E-state index in [1.807, 2.05) is 19.1 Å². The Labute approximate surface area is 111 Å². The molecule has 0 fully saturated rings. The molecule has 1 heterocycles. The minimum atomic E-state index is -3.40. The van der Waals surface area contributed by atoms with E-state index in [9.17, 15) is 8.42 Å². The Morgan fingerprint density at radius 2 is 2.11 bits per heavy atom. The lowest BCUT2D eigenvalue weighted by molar-refractivity contribution is 0.602. The first-order chi connectivity index (χ1) is 8.53. The summed E-state index contributed by atoms with van der Waals surface area (Å²) < 4.78 is 26.0. The molecular formula is C12H13ClN2O2S. The normalized spacial score (nSPS) is 11.7.